The number of nitrogens with one attached hydrogen (secondary N) is 1. The molecule has 9 heteroatoms. The number of hydrogen-bond acceptors (Lipinski definition) is 8. The molecule has 0 atom stereocenters. The van der Waals surface area contributed by atoms with Gasteiger partial charge in [-0.15, -0.1) is 0 Å². The lowest BCUT2D eigenvalue weighted by Crippen LogP contribution is -2.36. The number of aromatic nitrogens is 1. The molecule has 0 saturated carbocycles. The maximum absolute atomic E-state index is 12.6. The van der Waals surface area contributed by atoms with Gasteiger partial charge in [-0.2, -0.15) is 0 Å². The Morgan fingerprint density at radius 1 is 1.27 bits per heavy atom. The number of esters is 1. The zero-order valence-electron chi connectivity index (χ0n) is 18.9. The number of rotatable bonds is 6. The molecule has 1 saturated heterocycles. The van der Waals surface area contributed by atoms with Crippen molar-refractivity contribution < 1.29 is 19.2 Å². The third-order valence-electron chi connectivity index (χ3n) is 5.87. The number of hydrogen-bond donors (Lipinski definition) is 1. The molecular formula is C24H26N4O5. The summed E-state index contributed by atoms with van der Waals surface area (Å²) >= 11 is 0. The number of para-hydroxylation sites is 1. The topological polar surface area (TPSA) is 107 Å². The number of pyridine rings is 1. The average molecular weight is 450 g/mol. The molecule has 0 amide bonds. The monoisotopic (exact) mass is 450 g/mol. The minimum Gasteiger partial charge on any atom is -0.465 e. The number of fused-ring (bicyclic) bond motifs is 1. The molecular weight excluding hydrogens is 424 g/mol. The highest BCUT2D eigenvalue weighted by atomic mass is 16.6. The molecule has 1 aliphatic rings. The molecule has 1 N–H and O–H groups in total. The molecule has 4 rings (SSSR count). The van der Waals surface area contributed by atoms with Crippen LogP contribution in [0.15, 0.2) is 36.4 Å². The molecule has 0 spiro atoms. The first-order valence-electron chi connectivity index (χ1n) is 10.8. The van der Waals surface area contributed by atoms with Crippen LogP contribution in [0.5, 0.6) is 0 Å². The number of morpholine rings is 1. The van der Waals surface area contributed by atoms with E-state index in [1.54, 1.807) is 6.07 Å². The number of nitro groups is 1. The van der Waals surface area contributed by atoms with Gasteiger partial charge in [0.05, 0.1) is 36.5 Å². The van der Waals surface area contributed by atoms with Crippen molar-refractivity contribution in [1.29, 1.82) is 0 Å². The van der Waals surface area contributed by atoms with Gasteiger partial charge in [-0.3, -0.25) is 15.1 Å². The third-order valence-corrected chi connectivity index (χ3v) is 5.87. The second kappa shape index (κ2) is 9.41. The number of nitrogens with zero attached hydrogens (tertiary/aromatic N) is 3. The summed E-state index contributed by atoms with van der Waals surface area (Å²) in [4.78, 5) is 30.9. The fourth-order valence-corrected chi connectivity index (χ4v) is 4.27. The van der Waals surface area contributed by atoms with E-state index in [1.807, 2.05) is 43.0 Å². The van der Waals surface area contributed by atoms with Gasteiger partial charge in [0, 0.05) is 29.9 Å². The molecule has 33 heavy (non-hydrogen) atoms. The standard InChI is InChI=1S/C24H26N4O5/c1-4-17-15(2)25-20-8-6-5-7-18(20)22(17)26-21-14-16(27-9-11-33-12-10-27)13-19(24(29)32-3)23(21)28(30)31/h5-8,13-14H,4,9-12H2,1-3H3,(H,25,26). The number of nitro benzene ring substituents is 1. The largest absolute Gasteiger partial charge is 0.465 e. The Hall–Kier alpha value is -3.72. The fraction of sp³-hybridized carbons (Fsp3) is 0.333. The summed E-state index contributed by atoms with van der Waals surface area (Å²) in [6.07, 6.45) is 0.687. The molecule has 1 aromatic heterocycles. The van der Waals surface area contributed by atoms with Gasteiger partial charge in [-0.05, 0) is 37.1 Å². The highest BCUT2D eigenvalue weighted by molar-refractivity contribution is 6.01. The number of anilines is 3. The van der Waals surface area contributed by atoms with Crippen LogP contribution >= 0.6 is 0 Å². The van der Waals surface area contributed by atoms with Gasteiger partial charge in [0.1, 0.15) is 11.3 Å². The van der Waals surface area contributed by atoms with E-state index in [1.165, 1.54) is 13.2 Å². The van der Waals surface area contributed by atoms with E-state index < -0.39 is 10.9 Å². The first-order valence-corrected chi connectivity index (χ1v) is 10.8. The molecule has 1 aliphatic heterocycles. The van der Waals surface area contributed by atoms with E-state index in [9.17, 15) is 14.9 Å². The Balaban J connectivity index is 1.95. The summed E-state index contributed by atoms with van der Waals surface area (Å²) in [5.41, 5.74) is 3.85. The molecule has 172 valence electrons. The zero-order chi connectivity index (χ0) is 23.5. The second-order valence-corrected chi connectivity index (χ2v) is 7.78. The maximum Gasteiger partial charge on any atom is 0.345 e. The Morgan fingerprint density at radius 3 is 2.67 bits per heavy atom. The summed E-state index contributed by atoms with van der Waals surface area (Å²) in [6.45, 7) is 6.27. The lowest BCUT2D eigenvalue weighted by Gasteiger charge is -2.29. The minimum atomic E-state index is -0.758. The number of methoxy groups -OCH3 is 1. The van der Waals surface area contributed by atoms with Crippen molar-refractivity contribution >= 4 is 39.6 Å². The van der Waals surface area contributed by atoms with Crippen LogP contribution in [-0.2, 0) is 15.9 Å². The van der Waals surface area contributed by atoms with Gasteiger partial charge < -0.3 is 19.7 Å². The smallest absolute Gasteiger partial charge is 0.345 e. The molecule has 3 aromatic rings. The summed E-state index contributed by atoms with van der Waals surface area (Å²) in [7, 11) is 1.22. The second-order valence-electron chi connectivity index (χ2n) is 7.78. The lowest BCUT2D eigenvalue weighted by molar-refractivity contribution is -0.384. The normalized spacial score (nSPS) is 13.7. The molecule has 0 aliphatic carbocycles. The minimum absolute atomic E-state index is 0.0953. The number of carbonyl (C=O) groups excluding carboxylic acids is 1. The Morgan fingerprint density at radius 2 is 2.00 bits per heavy atom. The first-order chi connectivity index (χ1) is 15.9. The van der Waals surface area contributed by atoms with Gasteiger partial charge >= 0.3 is 11.7 Å². The van der Waals surface area contributed by atoms with Crippen LogP contribution in [0.2, 0.25) is 0 Å². The molecule has 0 unspecified atom stereocenters. The van der Waals surface area contributed by atoms with Gasteiger partial charge in [0.25, 0.3) is 0 Å². The predicted octanol–water partition coefficient (Wildman–Crippen LogP) is 4.38. The quantitative estimate of drug-likeness (QED) is 0.335. The van der Waals surface area contributed by atoms with Crippen LogP contribution in [0.1, 0.15) is 28.5 Å². The van der Waals surface area contributed by atoms with Crippen LogP contribution < -0.4 is 10.2 Å². The highest BCUT2D eigenvalue weighted by Crippen LogP contribution is 2.39. The van der Waals surface area contributed by atoms with Crippen LogP contribution in [0.25, 0.3) is 10.9 Å². The van der Waals surface area contributed by atoms with Gasteiger partial charge in [-0.25, -0.2) is 4.79 Å². The first kappa shape index (κ1) is 22.5. The third kappa shape index (κ3) is 4.31. The van der Waals surface area contributed by atoms with Crippen molar-refractivity contribution in [2.24, 2.45) is 0 Å². The van der Waals surface area contributed by atoms with Crippen LogP contribution in [0.4, 0.5) is 22.7 Å². The number of carbonyl (C=O) groups is 1. The summed E-state index contributed by atoms with van der Waals surface area (Å²) in [5.74, 6) is -0.758. The van der Waals surface area contributed by atoms with E-state index in [0.29, 0.717) is 38.4 Å². The maximum atomic E-state index is 12.6. The molecule has 2 aromatic carbocycles. The van der Waals surface area contributed by atoms with Crippen LogP contribution in [0, 0.1) is 17.0 Å². The zero-order valence-corrected chi connectivity index (χ0v) is 18.9. The highest BCUT2D eigenvalue weighted by Gasteiger charge is 2.29. The van der Waals surface area contributed by atoms with E-state index in [4.69, 9.17) is 9.47 Å². The van der Waals surface area contributed by atoms with Crippen molar-refractivity contribution in [3.8, 4) is 0 Å². The van der Waals surface area contributed by atoms with Crippen molar-refractivity contribution in [2.75, 3.05) is 43.6 Å². The van der Waals surface area contributed by atoms with E-state index in [-0.39, 0.29) is 16.9 Å². The fourth-order valence-electron chi connectivity index (χ4n) is 4.27. The van der Waals surface area contributed by atoms with Crippen LogP contribution in [-0.4, -0.2) is 49.3 Å². The Labute approximate surface area is 191 Å². The SMILES string of the molecule is CCc1c(C)nc2ccccc2c1Nc1cc(N2CCOCC2)cc(C(=O)OC)c1[N+](=O)[O-]. The molecule has 9 nitrogen and oxygen atoms in total. The van der Waals surface area contributed by atoms with Gasteiger partial charge in [0.15, 0.2) is 0 Å². The number of ether oxygens (including phenoxy) is 2. The molecule has 0 bridgehead atoms. The predicted molar refractivity (Wildman–Crippen MR) is 127 cm³/mol. The average Bonchev–Trinajstić information content (AvgIpc) is 2.83. The summed E-state index contributed by atoms with van der Waals surface area (Å²) < 4.78 is 10.3. The summed E-state index contributed by atoms with van der Waals surface area (Å²) in [6, 6.07) is 10.9. The van der Waals surface area contributed by atoms with Gasteiger partial charge in [-0.1, -0.05) is 25.1 Å². The number of benzene rings is 2. The molecule has 2 heterocycles. The van der Waals surface area contributed by atoms with Crippen molar-refractivity contribution in [2.45, 2.75) is 20.3 Å². The van der Waals surface area contributed by atoms with E-state index in [0.717, 1.165) is 27.8 Å². The Kier molecular flexibility index (Phi) is 6.41. The van der Waals surface area contributed by atoms with Crippen molar-refractivity contribution in [3.63, 3.8) is 0 Å². The van der Waals surface area contributed by atoms with Gasteiger partial charge in [0.2, 0.25) is 0 Å². The molecule has 0 radical (unpaired) electrons. The summed E-state index contributed by atoms with van der Waals surface area (Å²) in [5, 5.41) is 16.3. The van der Waals surface area contributed by atoms with E-state index >= 15 is 0 Å². The van der Waals surface area contributed by atoms with Crippen molar-refractivity contribution in [1.82, 2.24) is 4.98 Å². The lowest BCUT2D eigenvalue weighted by atomic mass is 10.0. The van der Waals surface area contributed by atoms with Crippen LogP contribution in [0.3, 0.4) is 0 Å². The van der Waals surface area contributed by atoms with Crippen molar-refractivity contribution in [3.05, 3.63) is 63.3 Å². The van der Waals surface area contributed by atoms with E-state index in [2.05, 4.69) is 10.3 Å². The number of aryl methyl sites for hydroxylation is 1. The Bertz CT molecular complexity index is 1220. The molecule has 1 fully saturated rings.